The maximum absolute atomic E-state index is 5.35. The number of hydrogen-bond donors (Lipinski definition) is 1. The molecule has 1 aliphatic rings. The molecule has 90 valence electrons. The molecule has 0 aliphatic carbocycles. The van der Waals surface area contributed by atoms with Crippen molar-refractivity contribution in [2.75, 3.05) is 13.2 Å². The highest BCUT2D eigenvalue weighted by Gasteiger charge is 2.17. The predicted octanol–water partition coefficient (Wildman–Crippen LogP) is 1.29. The van der Waals surface area contributed by atoms with Crippen LogP contribution in [0, 0.1) is 0 Å². The summed E-state index contributed by atoms with van der Waals surface area (Å²) < 4.78 is 10.5. The highest BCUT2D eigenvalue weighted by atomic mass is 16.5. The Balaban J connectivity index is 1.77. The summed E-state index contributed by atoms with van der Waals surface area (Å²) in [5, 5.41) is 7.30. The molecule has 2 heterocycles. The first-order chi connectivity index (χ1) is 7.88. The highest BCUT2D eigenvalue weighted by molar-refractivity contribution is 4.90. The summed E-state index contributed by atoms with van der Waals surface area (Å²) in [6.07, 6.45) is 4.28. The van der Waals surface area contributed by atoms with Crippen LogP contribution in [0.4, 0.5) is 0 Å². The first kappa shape index (κ1) is 11.5. The van der Waals surface area contributed by atoms with Crippen molar-refractivity contribution in [3.8, 4) is 0 Å². The number of nitrogens with one attached hydrogen (secondary N) is 1. The molecule has 5 nitrogen and oxygen atoms in total. The van der Waals surface area contributed by atoms with Crippen LogP contribution in [0.15, 0.2) is 4.52 Å². The smallest absolute Gasteiger partial charge is 0.228 e. The maximum atomic E-state index is 5.35. The zero-order valence-corrected chi connectivity index (χ0v) is 9.74. The van der Waals surface area contributed by atoms with Gasteiger partial charge in [-0.25, -0.2) is 0 Å². The number of ether oxygens (including phenoxy) is 1. The molecule has 0 saturated carbocycles. The first-order valence-corrected chi connectivity index (χ1v) is 6.01. The third-order valence-corrected chi connectivity index (χ3v) is 2.67. The molecule has 0 amide bonds. The number of nitrogens with zero attached hydrogens (tertiary/aromatic N) is 2. The van der Waals surface area contributed by atoms with Crippen molar-refractivity contribution in [3.05, 3.63) is 11.7 Å². The van der Waals surface area contributed by atoms with Crippen molar-refractivity contribution in [3.63, 3.8) is 0 Å². The average molecular weight is 225 g/mol. The van der Waals surface area contributed by atoms with E-state index in [0.717, 1.165) is 31.9 Å². The minimum atomic E-state index is 0.454. The molecule has 1 aliphatic heterocycles. The standard InChI is InChI=1S/C11H19N3O2/c1-2-6-15-8-10-13-11(16-14-10)7-9-4-3-5-12-9/h9,12H,2-8H2,1H3. The van der Waals surface area contributed by atoms with Crippen LogP contribution in [0.3, 0.4) is 0 Å². The zero-order chi connectivity index (χ0) is 11.2. The Kier molecular flexibility index (Phi) is 4.30. The van der Waals surface area contributed by atoms with Gasteiger partial charge in [-0.1, -0.05) is 12.1 Å². The van der Waals surface area contributed by atoms with E-state index < -0.39 is 0 Å². The van der Waals surface area contributed by atoms with Gasteiger partial charge in [0, 0.05) is 19.1 Å². The number of hydrogen-bond acceptors (Lipinski definition) is 5. The van der Waals surface area contributed by atoms with Crippen LogP contribution < -0.4 is 5.32 Å². The second kappa shape index (κ2) is 5.96. The summed E-state index contributed by atoms with van der Waals surface area (Å²) in [5.74, 6) is 1.37. The van der Waals surface area contributed by atoms with E-state index in [2.05, 4.69) is 22.4 Å². The third kappa shape index (κ3) is 3.28. The van der Waals surface area contributed by atoms with Crippen LogP contribution >= 0.6 is 0 Å². The fourth-order valence-corrected chi connectivity index (χ4v) is 1.88. The van der Waals surface area contributed by atoms with Crippen molar-refractivity contribution in [1.29, 1.82) is 0 Å². The Labute approximate surface area is 95.6 Å². The molecule has 16 heavy (non-hydrogen) atoms. The minimum absolute atomic E-state index is 0.454. The molecule has 1 atom stereocenters. The van der Waals surface area contributed by atoms with E-state index in [4.69, 9.17) is 9.26 Å². The van der Waals surface area contributed by atoms with Gasteiger partial charge < -0.3 is 14.6 Å². The molecule has 2 rings (SSSR count). The molecule has 1 N–H and O–H groups in total. The maximum Gasteiger partial charge on any atom is 0.228 e. The molecule has 1 saturated heterocycles. The summed E-state index contributed by atoms with van der Waals surface area (Å²) in [6, 6.07) is 0.505. The lowest BCUT2D eigenvalue weighted by Crippen LogP contribution is -2.23. The van der Waals surface area contributed by atoms with Gasteiger partial charge in [0.2, 0.25) is 5.89 Å². The molecule has 1 fully saturated rings. The van der Waals surface area contributed by atoms with Crippen LogP contribution in [0.1, 0.15) is 37.9 Å². The van der Waals surface area contributed by atoms with Gasteiger partial charge in [-0.15, -0.1) is 0 Å². The molecule has 1 aromatic heterocycles. The molecule has 0 aromatic carbocycles. The third-order valence-electron chi connectivity index (χ3n) is 2.67. The molecule has 5 heteroatoms. The van der Waals surface area contributed by atoms with Gasteiger partial charge in [0.05, 0.1) is 0 Å². The highest BCUT2D eigenvalue weighted by Crippen LogP contribution is 2.10. The number of rotatable bonds is 6. The lowest BCUT2D eigenvalue weighted by molar-refractivity contribution is 0.114. The summed E-state index contributed by atoms with van der Waals surface area (Å²) >= 11 is 0. The average Bonchev–Trinajstić information content (AvgIpc) is 2.91. The van der Waals surface area contributed by atoms with Gasteiger partial charge in [0.15, 0.2) is 5.82 Å². The van der Waals surface area contributed by atoms with Crippen LogP contribution in [0.2, 0.25) is 0 Å². The Hall–Kier alpha value is -0.940. The van der Waals surface area contributed by atoms with E-state index in [1.54, 1.807) is 0 Å². The molecular weight excluding hydrogens is 206 g/mol. The Morgan fingerprint density at radius 2 is 2.50 bits per heavy atom. The summed E-state index contributed by atoms with van der Waals surface area (Å²) in [7, 11) is 0. The SMILES string of the molecule is CCCOCc1noc(CC2CCCN2)n1. The number of aromatic nitrogens is 2. The van der Waals surface area contributed by atoms with E-state index >= 15 is 0 Å². The summed E-state index contributed by atoms with van der Waals surface area (Å²) in [5.41, 5.74) is 0. The van der Waals surface area contributed by atoms with E-state index in [9.17, 15) is 0 Å². The molecular formula is C11H19N3O2. The summed E-state index contributed by atoms with van der Waals surface area (Å²) in [4.78, 5) is 4.30. The van der Waals surface area contributed by atoms with Crippen molar-refractivity contribution in [2.24, 2.45) is 0 Å². The molecule has 1 aromatic rings. The second-order valence-corrected chi connectivity index (χ2v) is 4.15. The van der Waals surface area contributed by atoms with Gasteiger partial charge >= 0.3 is 0 Å². The van der Waals surface area contributed by atoms with Crippen LogP contribution in [-0.4, -0.2) is 29.3 Å². The van der Waals surface area contributed by atoms with Crippen LogP contribution in [-0.2, 0) is 17.8 Å². The topological polar surface area (TPSA) is 60.2 Å². The first-order valence-electron chi connectivity index (χ1n) is 6.01. The Bertz CT molecular complexity index is 308. The summed E-state index contributed by atoms with van der Waals surface area (Å²) in [6.45, 7) is 4.38. The normalized spacial score (nSPS) is 20.4. The fourth-order valence-electron chi connectivity index (χ4n) is 1.88. The minimum Gasteiger partial charge on any atom is -0.373 e. The van der Waals surface area contributed by atoms with Crippen molar-refractivity contribution < 1.29 is 9.26 Å². The molecule has 0 radical (unpaired) electrons. The Morgan fingerprint density at radius 1 is 1.56 bits per heavy atom. The molecule has 0 spiro atoms. The lowest BCUT2D eigenvalue weighted by Gasteiger charge is -2.04. The van der Waals surface area contributed by atoms with Crippen molar-refractivity contribution in [2.45, 2.75) is 45.3 Å². The van der Waals surface area contributed by atoms with Gasteiger partial charge in [-0.05, 0) is 25.8 Å². The fraction of sp³-hybridized carbons (Fsp3) is 0.818. The van der Waals surface area contributed by atoms with E-state index in [1.807, 2.05) is 0 Å². The zero-order valence-electron chi connectivity index (χ0n) is 9.74. The quantitative estimate of drug-likeness (QED) is 0.739. The van der Waals surface area contributed by atoms with Crippen molar-refractivity contribution >= 4 is 0 Å². The molecule has 1 unspecified atom stereocenters. The van der Waals surface area contributed by atoms with Gasteiger partial charge in [-0.2, -0.15) is 4.98 Å². The van der Waals surface area contributed by atoms with E-state index in [-0.39, 0.29) is 0 Å². The van der Waals surface area contributed by atoms with E-state index in [0.29, 0.717) is 18.5 Å². The Morgan fingerprint density at radius 3 is 3.25 bits per heavy atom. The van der Waals surface area contributed by atoms with Crippen LogP contribution in [0.25, 0.3) is 0 Å². The van der Waals surface area contributed by atoms with Crippen molar-refractivity contribution in [1.82, 2.24) is 15.5 Å². The van der Waals surface area contributed by atoms with Gasteiger partial charge in [-0.3, -0.25) is 0 Å². The predicted molar refractivity (Wildman–Crippen MR) is 59.0 cm³/mol. The largest absolute Gasteiger partial charge is 0.373 e. The van der Waals surface area contributed by atoms with Gasteiger partial charge in [0.1, 0.15) is 6.61 Å². The second-order valence-electron chi connectivity index (χ2n) is 4.15. The monoisotopic (exact) mass is 225 g/mol. The van der Waals surface area contributed by atoms with Gasteiger partial charge in [0.25, 0.3) is 0 Å². The lowest BCUT2D eigenvalue weighted by atomic mass is 10.2. The van der Waals surface area contributed by atoms with E-state index in [1.165, 1.54) is 12.8 Å². The van der Waals surface area contributed by atoms with Crippen LogP contribution in [0.5, 0.6) is 0 Å². The molecule has 0 bridgehead atoms.